The zero-order chi connectivity index (χ0) is 8.55. The first-order valence-corrected chi connectivity index (χ1v) is 5.35. The fourth-order valence-electron chi connectivity index (χ4n) is 1.21. The molecule has 12 heavy (non-hydrogen) atoms. The molecule has 0 aliphatic heterocycles. The van der Waals surface area contributed by atoms with Gasteiger partial charge < -0.3 is 5.73 Å². The van der Waals surface area contributed by atoms with Crippen molar-refractivity contribution in [1.29, 1.82) is 0 Å². The molecule has 1 heterocycles. The highest BCUT2D eigenvalue weighted by Gasteiger charge is 2.03. The van der Waals surface area contributed by atoms with Crippen molar-refractivity contribution < 1.29 is 0 Å². The van der Waals surface area contributed by atoms with Gasteiger partial charge >= 0.3 is 0 Å². The van der Waals surface area contributed by atoms with Gasteiger partial charge in [0.2, 0.25) is 0 Å². The third-order valence-electron chi connectivity index (χ3n) is 1.87. The van der Waals surface area contributed by atoms with Gasteiger partial charge in [-0.05, 0) is 39.0 Å². The minimum atomic E-state index is 0.590. The van der Waals surface area contributed by atoms with Crippen LogP contribution in [0, 0.1) is 0 Å². The van der Waals surface area contributed by atoms with Crippen LogP contribution >= 0.6 is 27.3 Å². The summed E-state index contributed by atoms with van der Waals surface area (Å²) >= 11 is 5.30. The molecule has 1 aromatic carbocycles. The molecule has 1 nitrogen and oxygen atoms in total. The monoisotopic (exact) mass is 241 g/mol. The van der Waals surface area contributed by atoms with E-state index in [4.69, 9.17) is 5.73 Å². The molecule has 3 heteroatoms. The van der Waals surface area contributed by atoms with Crippen molar-refractivity contribution in [3.05, 3.63) is 33.6 Å². The van der Waals surface area contributed by atoms with Gasteiger partial charge in [-0.15, -0.1) is 11.3 Å². The van der Waals surface area contributed by atoms with E-state index < -0.39 is 0 Å². The molecule has 1 aromatic heterocycles. The Morgan fingerprint density at radius 1 is 1.33 bits per heavy atom. The maximum atomic E-state index is 5.58. The average Bonchev–Trinajstić information content (AvgIpc) is 2.53. The van der Waals surface area contributed by atoms with Crippen LogP contribution in [0.25, 0.3) is 10.1 Å². The van der Waals surface area contributed by atoms with Gasteiger partial charge in [0, 0.05) is 21.1 Å². The van der Waals surface area contributed by atoms with Gasteiger partial charge in [-0.25, -0.2) is 0 Å². The summed E-state index contributed by atoms with van der Waals surface area (Å²) in [6.07, 6.45) is 0. The lowest BCUT2D eigenvalue weighted by atomic mass is 10.2. The van der Waals surface area contributed by atoms with Gasteiger partial charge in [-0.1, -0.05) is 6.07 Å². The van der Waals surface area contributed by atoms with Gasteiger partial charge in [0.15, 0.2) is 0 Å². The lowest BCUT2D eigenvalue weighted by Crippen LogP contribution is -1.96. The Hall–Kier alpha value is -0.380. The normalized spacial score (nSPS) is 10.8. The molecule has 0 spiro atoms. The second-order valence-corrected chi connectivity index (χ2v) is 4.32. The molecule has 0 bridgehead atoms. The molecule has 0 aliphatic carbocycles. The number of nitrogens with two attached hydrogens (primary N) is 1. The second-order valence-electron chi connectivity index (χ2n) is 2.58. The maximum Gasteiger partial charge on any atom is 0.0354 e. The molecule has 62 valence electrons. The molecular formula is C9H8BrNS. The minimum Gasteiger partial charge on any atom is -0.326 e. The summed E-state index contributed by atoms with van der Waals surface area (Å²) in [7, 11) is 0. The summed E-state index contributed by atoms with van der Waals surface area (Å²) in [5, 5.41) is 3.36. The zero-order valence-corrected chi connectivity index (χ0v) is 8.78. The van der Waals surface area contributed by atoms with Crippen molar-refractivity contribution in [2.75, 3.05) is 0 Å². The molecule has 0 atom stereocenters. The van der Waals surface area contributed by atoms with Crippen LogP contribution in [0.5, 0.6) is 0 Å². The second kappa shape index (κ2) is 3.17. The smallest absolute Gasteiger partial charge is 0.0354 e. The number of fused-ring (bicyclic) bond motifs is 1. The number of rotatable bonds is 1. The first kappa shape index (κ1) is 8.23. The molecule has 0 saturated carbocycles. The Morgan fingerprint density at radius 3 is 2.92 bits per heavy atom. The number of benzene rings is 1. The van der Waals surface area contributed by atoms with E-state index in [1.54, 1.807) is 11.3 Å². The SMILES string of the molecule is NCc1ccc2sccc2c1Br. The Kier molecular flexibility index (Phi) is 2.17. The van der Waals surface area contributed by atoms with Crippen LogP contribution < -0.4 is 5.73 Å². The van der Waals surface area contributed by atoms with E-state index in [9.17, 15) is 0 Å². The summed E-state index contributed by atoms with van der Waals surface area (Å²) in [5.74, 6) is 0. The predicted molar refractivity (Wildman–Crippen MR) is 57.4 cm³/mol. The Balaban J connectivity index is 2.78. The van der Waals surface area contributed by atoms with E-state index >= 15 is 0 Å². The van der Waals surface area contributed by atoms with Crippen molar-refractivity contribution in [2.45, 2.75) is 6.54 Å². The van der Waals surface area contributed by atoms with Crippen LogP contribution in [-0.2, 0) is 6.54 Å². The lowest BCUT2D eigenvalue weighted by molar-refractivity contribution is 1.07. The molecule has 2 aromatic rings. The molecule has 0 amide bonds. The summed E-state index contributed by atoms with van der Waals surface area (Å²) in [6.45, 7) is 0.590. The third-order valence-corrected chi connectivity index (χ3v) is 3.69. The summed E-state index contributed by atoms with van der Waals surface area (Å²) in [6, 6.07) is 6.30. The summed E-state index contributed by atoms with van der Waals surface area (Å²) < 4.78 is 2.45. The van der Waals surface area contributed by atoms with Crippen LogP contribution in [0.15, 0.2) is 28.1 Å². The number of hydrogen-bond donors (Lipinski definition) is 1. The van der Waals surface area contributed by atoms with Crippen molar-refractivity contribution in [3.63, 3.8) is 0 Å². The predicted octanol–water partition coefficient (Wildman–Crippen LogP) is 3.12. The molecule has 2 N–H and O–H groups in total. The van der Waals surface area contributed by atoms with Crippen LogP contribution in [-0.4, -0.2) is 0 Å². The largest absolute Gasteiger partial charge is 0.326 e. The highest BCUT2D eigenvalue weighted by Crippen LogP contribution is 2.30. The third kappa shape index (κ3) is 1.18. The van der Waals surface area contributed by atoms with Crippen LogP contribution in [0.3, 0.4) is 0 Å². The quantitative estimate of drug-likeness (QED) is 0.816. The maximum absolute atomic E-state index is 5.58. The molecule has 0 aliphatic rings. The molecule has 0 radical (unpaired) electrons. The molecule has 2 rings (SSSR count). The standard InChI is InChI=1S/C9H8BrNS/c10-9-6(5-11)1-2-8-7(9)3-4-12-8/h1-4H,5,11H2. The minimum absolute atomic E-state index is 0.590. The van der Waals surface area contributed by atoms with Crippen molar-refractivity contribution in [3.8, 4) is 0 Å². The van der Waals surface area contributed by atoms with Crippen LogP contribution in [0.4, 0.5) is 0 Å². The van der Waals surface area contributed by atoms with Crippen molar-refractivity contribution >= 4 is 37.4 Å². The Bertz CT molecular complexity index is 408. The van der Waals surface area contributed by atoms with E-state index in [2.05, 4.69) is 39.5 Å². The van der Waals surface area contributed by atoms with Gasteiger partial charge in [0.1, 0.15) is 0 Å². The first-order valence-electron chi connectivity index (χ1n) is 3.67. The molecule has 0 unspecified atom stereocenters. The van der Waals surface area contributed by atoms with Gasteiger partial charge in [-0.3, -0.25) is 0 Å². The van der Waals surface area contributed by atoms with Crippen LogP contribution in [0.1, 0.15) is 5.56 Å². The first-order chi connectivity index (χ1) is 5.83. The van der Waals surface area contributed by atoms with Crippen molar-refractivity contribution in [2.24, 2.45) is 5.73 Å². The highest BCUT2D eigenvalue weighted by molar-refractivity contribution is 9.10. The van der Waals surface area contributed by atoms with E-state index in [0.717, 1.165) is 4.47 Å². The number of halogens is 1. The molecule has 0 fully saturated rings. The highest BCUT2D eigenvalue weighted by atomic mass is 79.9. The number of hydrogen-bond acceptors (Lipinski definition) is 2. The fraction of sp³-hybridized carbons (Fsp3) is 0.111. The van der Waals surface area contributed by atoms with Gasteiger partial charge in [0.25, 0.3) is 0 Å². The van der Waals surface area contributed by atoms with E-state index in [-0.39, 0.29) is 0 Å². The lowest BCUT2D eigenvalue weighted by Gasteiger charge is -2.01. The van der Waals surface area contributed by atoms with Gasteiger partial charge in [0.05, 0.1) is 0 Å². The summed E-state index contributed by atoms with van der Waals surface area (Å²) in [5.41, 5.74) is 6.75. The van der Waals surface area contributed by atoms with Crippen LogP contribution in [0.2, 0.25) is 0 Å². The van der Waals surface area contributed by atoms with Gasteiger partial charge in [-0.2, -0.15) is 0 Å². The zero-order valence-electron chi connectivity index (χ0n) is 6.38. The molecular weight excluding hydrogens is 234 g/mol. The van der Waals surface area contributed by atoms with E-state index in [0.29, 0.717) is 6.54 Å². The van der Waals surface area contributed by atoms with E-state index in [1.165, 1.54) is 15.6 Å². The fourth-order valence-corrected chi connectivity index (χ4v) is 2.78. The topological polar surface area (TPSA) is 26.0 Å². The Morgan fingerprint density at radius 2 is 2.17 bits per heavy atom. The van der Waals surface area contributed by atoms with Crippen molar-refractivity contribution in [1.82, 2.24) is 0 Å². The summed E-state index contributed by atoms with van der Waals surface area (Å²) in [4.78, 5) is 0. The average molecular weight is 242 g/mol. The molecule has 0 saturated heterocycles. The van der Waals surface area contributed by atoms with E-state index in [1.807, 2.05) is 0 Å². The Labute approximate surface area is 83.3 Å². The number of thiophene rings is 1.